The monoisotopic (exact) mass is 185 g/mol. The summed E-state index contributed by atoms with van der Waals surface area (Å²) < 4.78 is 9.94. The van der Waals surface area contributed by atoms with E-state index in [9.17, 15) is 0 Å². The Morgan fingerprint density at radius 3 is 1.80 bits per heavy atom. The standard InChI is InChI=1S/C6H11Cl2O2/c1-6(9-4-2-7)10-5-3-8/h6H,1-5H2. The molecule has 4 heteroatoms. The zero-order valence-corrected chi connectivity index (χ0v) is 7.20. The smallest absolute Gasteiger partial charge is 0.157 e. The molecule has 10 heavy (non-hydrogen) atoms. The average Bonchev–Trinajstić information content (AvgIpc) is 1.97. The molecule has 2 nitrogen and oxygen atoms in total. The molecular formula is C6H11Cl2O2. The predicted octanol–water partition coefficient (Wildman–Crippen LogP) is 1.66. The van der Waals surface area contributed by atoms with Crippen LogP contribution < -0.4 is 0 Å². The topological polar surface area (TPSA) is 18.5 Å². The lowest BCUT2D eigenvalue weighted by Crippen LogP contribution is -2.15. The molecule has 1 radical (unpaired) electrons. The summed E-state index contributed by atoms with van der Waals surface area (Å²) in [5.41, 5.74) is 0. The lowest BCUT2D eigenvalue weighted by Gasteiger charge is -2.11. The predicted molar refractivity (Wildman–Crippen MR) is 42.5 cm³/mol. The van der Waals surface area contributed by atoms with E-state index in [2.05, 4.69) is 6.92 Å². The van der Waals surface area contributed by atoms with Gasteiger partial charge in [0.2, 0.25) is 0 Å². The number of hydrogen-bond donors (Lipinski definition) is 0. The third kappa shape index (κ3) is 6.62. The number of hydrogen-bond acceptors (Lipinski definition) is 2. The van der Waals surface area contributed by atoms with Crippen molar-refractivity contribution >= 4 is 23.2 Å². The number of alkyl halides is 2. The number of halogens is 2. The van der Waals surface area contributed by atoms with Gasteiger partial charge in [-0.05, 0) is 0 Å². The van der Waals surface area contributed by atoms with Gasteiger partial charge in [-0.15, -0.1) is 23.2 Å². The molecular weight excluding hydrogens is 175 g/mol. The fourth-order valence-electron chi connectivity index (χ4n) is 0.400. The van der Waals surface area contributed by atoms with E-state index in [4.69, 9.17) is 32.7 Å². The van der Waals surface area contributed by atoms with Crippen LogP contribution in [0.2, 0.25) is 0 Å². The van der Waals surface area contributed by atoms with Crippen LogP contribution in [0.3, 0.4) is 0 Å². The molecule has 0 aliphatic heterocycles. The van der Waals surface area contributed by atoms with Crippen molar-refractivity contribution in [1.29, 1.82) is 0 Å². The highest BCUT2D eigenvalue weighted by atomic mass is 35.5. The summed E-state index contributed by atoms with van der Waals surface area (Å²) in [6, 6.07) is 0. The van der Waals surface area contributed by atoms with Crippen LogP contribution in [0.4, 0.5) is 0 Å². The molecule has 0 aromatic carbocycles. The van der Waals surface area contributed by atoms with Crippen LogP contribution in [0.25, 0.3) is 0 Å². The Balaban J connectivity index is 3.00. The van der Waals surface area contributed by atoms with Crippen molar-refractivity contribution in [2.45, 2.75) is 6.29 Å². The van der Waals surface area contributed by atoms with Crippen LogP contribution in [0.15, 0.2) is 0 Å². The highest BCUT2D eigenvalue weighted by Gasteiger charge is 1.99. The summed E-state index contributed by atoms with van der Waals surface area (Å²) in [7, 11) is 0. The van der Waals surface area contributed by atoms with Crippen LogP contribution in [-0.2, 0) is 9.47 Å². The summed E-state index contributed by atoms with van der Waals surface area (Å²) >= 11 is 10.7. The fraction of sp³-hybridized carbons (Fsp3) is 0.833. The molecule has 0 N–H and O–H groups in total. The quantitative estimate of drug-likeness (QED) is 0.463. The van der Waals surface area contributed by atoms with Gasteiger partial charge in [0.1, 0.15) is 0 Å². The van der Waals surface area contributed by atoms with Crippen LogP contribution >= 0.6 is 23.2 Å². The molecule has 0 unspecified atom stereocenters. The molecule has 0 atom stereocenters. The first-order chi connectivity index (χ1) is 4.81. The van der Waals surface area contributed by atoms with Crippen molar-refractivity contribution in [2.24, 2.45) is 0 Å². The summed E-state index contributed by atoms with van der Waals surface area (Å²) in [6.07, 6.45) is -0.447. The molecule has 0 saturated carbocycles. The van der Waals surface area contributed by atoms with Gasteiger partial charge in [0.25, 0.3) is 0 Å². The first-order valence-electron chi connectivity index (χ1n) is 2.99. The van der Waals surface area contributed by atoms with Gasteiger partial charge in [-0.1, -0.05) is 0 Å². The highest BCUT2D eigenvalue weighted by molar-refractivity contribution is 6.18. The Kier molecular flexibility index (Phi) is 7.99. The Morgan fingerprint density at radius 2 is 1.50 bits per heavy atom. The van der Waals surface area contributed by atoms with Gasteiger partial charge in [-0.25, -0.2) is 0 Å². The summed E-state index contributed by atoms with van der Waals surface area (Å²) in [5.74, 6) is 0.909. The molecule has 0 rings (SSSR count). The summed E-state index contributed by atoms with van der Waals surface area (Å²) in [5, 5.41) is 0. The second kappa shape index (κ2) is 7.61. The molecule has 0 fully saturated rings. The van der Waals surface area contributed by atoms with Crippen LogP contribution in [0.5, 0.6) is 0 Å². The normalized spacial score (nSPS) is 10.8. The molecule has 0 aliphatic rings. The fourth-order valence-corrected chi connectivity index (χ4v) is 0.578. The minimum Gasteiger partial charge on any atom is -0.351 e. The highest BCUT2D eigenvalue weighted by Crippen LogP contribution is 1.93. The molecule has 0 saturated heterocycles. The van der Waals surface area contributed by atoms with Crippen molar-refractivity contribution < 1.29 is 9.47 Å². The molecule has 0 heterocycles. The van der Waals surface area contributed by atoms with Gasteiger partial charge in [0.15, 0.2) is 6.29 Å². The minimum atomic E-state index is -0.447. The molecule has 0 amide bonds. The van der Waals surface area contributed by atoms with Gasteiger partial charge in [-0.2, -0.15) is 0 Å². The zero-order chi connectivity index (χ0) is 7.82. The first-order valence-corrected chi connectivity index (χ1v) is 4.06. The Bertz CT molecular complexity index is 62.8. The van der Waals surface area contributed by atoms with E-state index in [1.165, 1.54) is 0 Å². The Labute approximate surface area is 71.4 Å². The van der Waals surface area contributed by atoms with Crippen molar-refractivity contribution in [1.82, 2.24) is 0 Å². The maximum atomic E-state index is 5.35. The maximum absolute atomic E-state index is 5.35. The number of ether oxygens (including phenoxy) is 2. The minimum absolute atomic E-state index is 0.447. The van der Waals surface area contributed by atoms with E-state index in [0.717, 1.165) is 0 Å². The SMILES string of the molecule is [CH2]C(OCCCl)OCCCl. The van der Waals surface area contributed by atoms with E-state index in [0.29, 0.717) is 25.0 Å². The van der Waals surface area contributed by atoms with Crippen molar-refractivity contribution in [3.8, 4) is 0 Å². The third-order valence-electron chi connectivity index (χ3n) is 0.762. The van der Waals surface area contributed by atoms with E-state index in [1.807, 2.05) is 0 Å². The molecule has 0 aliphatic carbocycles. The third-order valence-corrected chi connectivity index (χ3v) is 1.07. The van der Waals surface area contributed by atoms with E-state index >= 15 is 0 Å². The largest absolute Gasteiger partial charge is 0.351 e. The van der Waals surface area contributed by atoms with Crippen LogP contribution in [-0.4, -0.2) is 31.3 Å². The van der Waals surface area contributed by atoms with Crippen LogP contribution in [0.1, 0.15) is 0 Å². The van der Waals surface area contributed by atoms with Crippen molar-refractivity contribution in [2.75, 3.05) is 25.0 Å². The zero-order valence-electron chi connectivity index (χ0n) is 5.69. The maximum Gasteiger partial charge on any atom is 0.157 e. The van der Waals surface area contributed by atoms with E-state index < -0.39 is 6.29 Å². The second-order valence-corrected chi connectivity index (χ2v) is 2.31. The van der Waals surface area contributed by atoms with Crippen molar-refractivity contribution in [3.63, 3.8) is 0 Å². The molecule has 61 valence electrons. The summed E-state index contributed by atoms with van der Waals surface area (Å²) in [4.78, 5) is 0. The first kappa shape index (κ1) is 10.5. The van der Waals surface area contributed by atoms with Gasteiger partial charge in [0, 0.05) is 18.7 Å². The van der Waals surface area contributed by atoms with Gasteiger partial charge in [0.05, 0.1) is 13.2 Å². The summed E-state index contributed by atoms with van der Waals surface area (Å²) in [6.45, 7) is 4.46. The molecule has 0 aromatic heterocycles. The lowest BCUT2D eigenvalue weighted by molar-refractivity contribution is -0.104. The van der Waals surface area contributed by atoms with Gasteiger partial charge >= 0.3 is 0 Å². The number of rotatable bonds is 6. The Morgan fingerprint density at radius 1 is 1.10 bits per heavy atom. The molecule has 0 bridgehead atoms. The lowest BCUT2D eigenvalue weighted by atomic mass is 10.7. The molecule has 0 aromatic rings. The van der Waals surface area contributed by atoms with Gasteiger partial charge < -0.3 is 9.47 Å². The van der Waals surface area contributed by atoms with E-state index in [1.54, 1.807) is 0 Å². The average molecular weight is 186 g/mol. The molecule has 0 spiro atoms. The van der Waals surface area contributed by atoms with E-state index in [-0.39, 0.29) is 0 Å². The van der Waals surface area contributed by atoms with Gasteiger partial charge in [-0.3, -0.25) is 0 Å². The Hall–Kier alpha value is 0.500. The van der Waals surface area contributed by atoms with Crippen LogP contribution in [0, 0.1) is 6.92 Å². The second-order valence-electron chi connectivity index (χ2n) is 1.55. The van der Waals surface area contributed by atoms with Crippen molar-refractivity contribution in [3.05, 3.63) is 6.92 Å².